The Kier molecular flexibility index (Phi) is 7.62. The fourth-order valence-corrected chi connectivity index (χ4v) is 1.78. The maximum atomic E-state index is 12.2. The molecule has 19 heavy (non-hydrogen) atoms. The fraction of sp³-hybridized carbons (Fsp3) is 0.385. The molecular weight excluding hydrogens is 320 g/mol. The molecule has 0 saturated heterocycles. The lowest BCUT2D eigenvalue weighted by Gasteiger charge is -2.08. The molecule has 3 nitrogen and oxygen atoms in total. The van der Waals surface area contributed by atoms with Gasteiger partial charge in [-0.2, -0.15) is 8.78 Å². The van der Waals surface area contributed by atoms with E-state index in [9.17, 15) is 8.78 Å². The first kappa shape index (κ1) is 16.1. The van der Waals surface area contributed by atoms with Gasteiger partial charge in [-0.3, -0.25) is 0 Å². The van der Waals surface area contributed by atoms with Gasteiger partial charge in [0, 0.05) is 30.2 Å². The van der Waals surface area contributed by atoms with E-state index in [-0.39, 0.29) is 5.75 Å². The van der Waals surface area contributed by atoms with E-state index in [4.69, 9.17) is 4.74 Å². The molecule has 6 heteroatoms. The summed E-state index contributed by atoms with van der Waals surface area (Å²) in [6.07, 6.45) is 3.58. The number of hydrogen-bond acceptors (Lipinski definition) is 3. The van der Waals surface area contributed by atoms with Crippen LogP contribution in [-0.2, 0) is 4.74 Å². The number of nitrogens with one attached hydrogen (secondary N) is 1. The molecule has 0 aliphatic heterocycles. The Labute approximate surface area is 119 Å². The van der Waals surface area contributed by atoms with Gasteiger partial charge >= 0.3 is 6.61 Å². The highest BCUT2D eigenvalue weighted by atomic mass is 79.9. The maximum absolute atomic E-state index is 12.2. The molecular formula is C13H16BrF2NO2. The molecule has 0 aliphatic carbocycles. The van der Waals surface area contributed by atoms with Gasteiger partial charge in [-0.25, -0.2) is 0 Å². The molecule has 1 N–H and O–H groups in total. The number of benzene rings is 1. The van der Waals surface area contributed by atoms with Crippen LogP contribution in [0.1, 0.15) is 5.56 Å². The summed E-state index contributed by atoms with van der Waals surface area (Å²) in [5.74, 6) is 0.159. The monoisotopic (exact) mass is 335 g/mol. The quantitative estimate of drug-likeness (QED) is 0.739. The summed E-state index contributed by atoms with van der Waals surface area (Å²) in [5, 5.41) is 3.12. The highest BCUT2D eigenvalue weighted by Crippen LogP contribution is 2.25. The van der Waals surface area contributed by atoms with Crippen molar-refractivity contribution in [3.8, 4) is 5.75 Å². The van der Waals surface area contributed by atoms with Crippen molar-refractivity contribution >= 4 is 22.0 Å². The second-order valence-corrected chi connectivity index (χ2v) is 4.58. The molecule has 1 rings (SSSR count). The molecule has 0 fully saturated rings. The Morgan fingerprint density at radius 1 is 1.42 bits per heavy atom. The molecule has 0 atom stereocenters. The number of rotatable bonds is 8. The van der Waals surface area contributed by atoms with E-state index in [0.717, 1.165) is 11.0 Å². The van der Waals surface area contributed by atoms with Gasteiger partial charge in [0.25, 0.3) is 0 Å². The number of ether oxygens (including phenoxy) is 2. The van der Waals surface area contributed by atoms with Crippen LogP contribution < -0.4 is 10.1 Å². The van der Waals surface area contributed by atoms with Crippen molar-refractivity contribution in [1.29, 1.82) is 0 Å². The Balaban J connectivity index is 2.59. The van der Waals surface area contributed by atoms with Crippen LogP contribution in [0.15, 0.2) is 28.7 Å². The molecule has 0 radical (unpaired) electrons. The van der Waals surface area contributed by atoms with Crippen LogP contribution >= 0.6 is 15.9 Å². The van der Waals surface area contributed by atoms with E-state index in [2.05, 4.69) is 26.0 Å². The molecule has 0 amide bonds. The molecule has 0 unspecified atom stereocenters. The molecule has 0 aromatic heterocycles. The van der Waals surface area contributed by atoms with Crippen molar-refractivity contribution in [3.05, 3.63) is 34.3 Å². The third-order valence-electron chi connectivity index (χ3n) is 2.23. The van der Waals surface area contributed by atoms with Crippen molar-refractivity contribution in [2.75, 3.05) is 26.8 Å². The molecule has 0 heterocycles. The number of hydrogen-bond donors (Lipinski definition) is 1. The van der Waals surface area contributed by atoms with E-state index in [1.54, 1.807) is 25.3 Å². The third-order valence-corrected chi connectivity index (χ3v) is 2.72. The summed E-state index contributed by atoms with van der Waals surface area (Å²) >= 11 is 3.30. The zero-order valence-corrected chi connectivity index (χ0v) is 12.1. The maximum Gasteiger partial charge on any atom is 0.387 e. The smallest absolute Gasteiger partial charge is 0.387 e. The van der Waals surface area contributed by atoms with Gasteiger partial charge in [-0.1, -0.05) is 28.1 Å². The normalized spacial score (nSPS) is 11.4. The van der Waals surface area contributed by atoms with E-state index in [0.29, 0.717) is 18.7 Å². The van der Waals surface area contributed by atoms with Gasteiger partial charge in [0.05, 0.1) is 6.61 Å². The zero-order valence-electron chi connectivity index (χ0n) is 10.5. The standard InChI is InChI=1S/C13H16BrF2NO2/c1-18-8-7-17-6-2-3-10-9-11(14)4-5-12(10)19-13(15)16/h2-5,9,13,17H,6-8H2,1H3. The second kappa shape index (κ2) is 9.01. The summed E-state index contributed by atoms with van der Waals surface area (Å²) in [5.41, 5.74) is 0.600. The Hall–Kier alpha value is -0.980. The number of alkyl halides is 2. The zero-order chi connectivity index (χ0) is 14.1. The van der Waals surface area contributed by atoms with E-state index < -0.39 is 6.61 Å². The number of methoxy groups -OCH3 is 1. The average Bonchev–Trinajstić information content (AvgIpc) is 2.36. The van der Waals surface area contributed by atoms with Crippen LogP contribution in [0.2, 0.25) is 0 Å². The molecule has 1 aromatic rings. The van der Waals surface area contributed by atoms with E-state index >= 15 is 0 Å². The van der Waals surface area contributed by atoms with Crippen molar-refractivity contribution < 1.29 is 18.3 Å². The minimum Gasteiger partial charge on any atom is -0.434 e. The summed E-state index contributed by atoms with van der Waals surface area (Å²) in [7, 11) is 1.63. The molecule has 0 bridgehead atoms. The second-order valence-electron chi connectivity index (χ2n) is 3.66. The molecule has 1 aromatic carbocycles. The van der Waals surface area contributed by atoms with Crippen LogP contribution in [0.25, 0.3) is 6.08 Å². The largest absolute Gasteiger partial charge is 0.434 e. The Morgan fingerprint density at radius 2 is 2.21 bits per heavy atom. The lowest BCUT2D eigenvalue weighted by Crippen LogP contribution is -2.18. The van der Waals surface area contributed by atoms with Crippen molar-refractivity contribution in [2.24, 2.45) is 0 Å². The van der Waals surface area contributed by atoms with Gasteiger partial charge in [-0.15, -0.1) is 0 Å². The minimum absolute atomic E-state index is 0.159. The topological polar surface area (TPSA) is 30.5 Å². The van der Waals surface area contributed by atoms with E-state index in [1.165, 1.54) is 6.07 Å². The van der Waals surface area contributed by atoms with Gasteiger partial charge in [-0.05, 0) is 18.2 Å². The van der Waals surface area contributed by atoms with Gasteiger partial charge in [0.15, 0.2) is 0 Å². The van der Waals surface area contributed by atoms with Crippen molar-refractivity contribution in [2.45, 2.75) is 6.61 Å². The third kappa shape index (κ3) is 6.66. The van der Waals surface area contributed by atoms with Crippen molar-refractivity contribution in [3.63, 3.8) is 0 Å². The highest BCUT2D eigenvalue weighted by molar-refractivity contribution is 9.10. The first-order valence-corrected chi connectivity index (χ1v) is 6.53. The van der Waals surface area contributed by atoms with E-state index in [1.807, 2.05) is 6.08 Å². The van der Waals surface area contributed by atoms with Gasteiger partial charge < -0.3 is 14.8 Å². The van der Waals surface area contributed by atoms with Crippen molar-refractivity contribution in [1.82, 2.24) is 5.32 Å². The van der Waals surface area contributed by atoms with Gasteiger partial charge in [0.1, 0.15) is 5.75 Å². The predicted molar refractivity (Wildman–Crippen MR) is 74.6 cm³/mol. The Morgan fingerprint density at radius 3 is 2.89 bits per heavy atom. The van der Waals surface area contributed by atoms with Crippen LogP contribution in [0.3, 0.4) is 0 Å². The summed E-state index contributed by atoms with van der Waals surface area (Å²) in [6, 6.07) is 4.89. The van der Waals surface area contributed by atoms with Gasteiger partial charge in [0.2, 0.25) is 0 Å². The SMILES string of the molecule is COCCNCC=Cc1cc(Br)ccc1OC(F)F. The molecule has 0 aliphatic rings. The van der Waals surface area contributed by atoms with Crippen LogP contribution in [0.4, 0.5) is 8.78 Å². The van der Waals surface area contributed by atoms with Crippen LogP contribution in [0.5, 0.6) is 5.75 Å². The van der Waals surface area contributed by atoms with Crippen LogP contribution in [-0.4, -0.2) is 33.4 Å². The number of halogens is 3. The molecule has 0 saturated carbocycles. The lowest BCUT2D eigenvalue weighted by molar-refractivity contribution is -0.0499. The molecule has 0 spiro atoms. The summed E-state index contributed by atoms with van der Waals surface area (Å²) in [6.45, 7) is -0.832. The minimum atomic E-state index is -2.83. The lowest BCUT2D eigenvalue weighted by atomic mass is 10.2. The highest BCUT2D eigenvalue weighted by Gasteiger charge is 2.08. The first-order valence-electron chi connectivity index (χ1n) is 5.74. The average molecular weight is 336 g/mol. The Bertz CT molecular complexity index is 414. The van der Waals surface area contributed by atoms with Crippen LogP contribution in [0, 0.1) is 0 Å². The predicted octanol–water partition coefficient (Wildman–Crippen LogP) is 3.30. The summed E-state index contributed by atoms with van der Waals surface area (Å²) in [4.78, 5) is 0. The molecule has 106 valence electrons. The summed E-state index contributed by atoms with van der Waals surface area (Å²) < 4.78 is 34.6. The first-order chi connectivity index (χ1) is 9.13. The fourth-order valence-electron chi connectivity index (χ4n) is 1.40.